The van der Waals surface area contributed by atoms with E-state index in [1.54, 1.807) is 0 Å². The number of aryl methyl sites for hydroxylation is 1. The van der Waals surface area contributed by atoms with Crippen molar-refractivity contribution in [1.29, 1.82) is 0 Å². The molecule has 0 aromatic carbocycles. The first-order valence-electron chi connectivity index (χ1n) is 8.52. The van der Waals surface area contributed by atoms with E-state index in [4.69, 9.17) is 9.73 Å². The fraction of sp³-hybridized carbons (Fsp3) is 0.750. The Labute approximate surface area is 139 Å². The number of aliphatic imine (C=N–C) groups is 1. The van der Waals surface area contributed by atoms with Crippen LogP contribution in [0.4, 0.5) is 0 Å². The van der Waals surface area contributed by atoms with Crippen molar-refractivity contribution in [2.45, 2.75) is 33.4 Å². The van der Waals surface area contributed by atoms with Crippen molar-refractivity contribution >= 4 is 5.96 Å². The van der Waals surface area contributed by atoms with Crippen molar-refractivity contribution in [1.82, 2.24) is 25.3 Å². The molecule has 7 heteroatoms. The first-order valence-corrected chi connectivity index (χ1v) is 8.52. The monoisotopic (exact) mass is 322 g/mol. The molecule has 1 aromatic rings. The zero-order chi connectivity index (χ0) is 16.5. The summed E-state index contributed by atoms with van der Waals surface area (Å²) in [5.74, 6) is 0.872. The van der Waals surface area contributed by atoms with Gasteiger partial charge in [-0.05, 0) is 26.3 Å². The Morgan fingerprint density at radius 3 is 2.83 bits per heavy atom. The van der Waals surface area contributed by atoms with E-state index in [1.807, 2.05) is 17.1 Å². The van der Waals surface area contributed by atoms with Crippen LogP contribution in [0.1, 0.15) is 19.4 Å². The second-order valence-electron chi connectivity index (χ2n) is 5.92. The largest absolute Gasteiger partial charge is 0.379 e. The third kappa shape index (κ3) is 6.19. The number of guanidine groups is 1. The van der Waals surface area contributed by atoms with Crippen LogP contribution in [0.25, 0.3) is 0 Å². The summed E-state index contributed by atoms with van der Waals surface area (Å²) in [6.45, 7) is 13.3. The number of aromatic nitrogens is 2. The molecule has 0 bridgehead atoms. The zero-order valence-electron chi connectivity index (χ0n) is 14.6. The molecule has 2 N–H and O–H groups in total. The fourth-order valence-corrected chi connectivity index (χ4v) is 2.58. The minimum atomic E-state index is 0.433. The fourth-order valence-electron chi connectivity index (χ4n) is 2.58. The second-order valence-corrected chi connectivity index (χ2v) is 5.92. The lowest BCUT2D eigenvalue weighted by molar-refractivity contribution is 0.0220. The predicted molar refractivity (Wildman–Crippen MR) is 92.8 cm³/mol. The number of nitrogens with zero attached hydrogens (tertiary/aromatic N) is 4. The molecule has 130 valence electrons. The van der Waals surface area contributed by atoms with Crippen molar-refractivity contribution in [2.75, 3.05) is 45.9 Å². The summed E-state index contributed by atoms with van der Waals surface area (Å²) in [6, 6.07) is 0.433. The normalized spacial score (nSPS) is 18.0. The maximum Gasteiger partial charge on any atom is 0.191 e. The van der Waals surface area contributed by atoms with Crippen LogP contribution in [0.2, 0.25) is 0 Å². The van der Waals surface area contributed by atoms with Gasteiger partial charge in [0.1, 0.15) is 0 Å². The van der Waals surface area contributed by atoms with Crippen molar-refractivity contribution in [2.24, 2.45) is 4.99 Å². The lowest BCUT2D eigenvalue weighted by Gasteiger charge is -2.31. The highest BCUT2D eigenvalue weighted by atomic mass is 16.5. The lowest BCUT2D eigenvalue weighted by Crippen LogP contribution is -2.44. The van der Waals surface area contributed by atoms with Crippen molar-refractivity contribution in [3.05, 3.63) is 18.0 Å². The Kier molecular flexibility index (Phi) is 7.35. The quantitative estimate of drug-likeness (QED) is 0.564. The second kappa shape index (κ2) is 9.52. The maximum absolute atomic E-state index is 5.40. The van der Waals surface area contributed by atoms with Crippen LogP contribution >= 0.6 is 0 Å². The van der Waals surface area contributed by atoms with Crippen molar-refractivity contribution < 1.29 is 4.74 Å². The molecule has 23 heavy (non-hydrogen) atoms. The summed E-state index contributed by atoms with van der Waals surface area (Å²) in [6.07, 6.45) is 3.93. The summed E-state index contributed by atoms with van der Waals surface area (Å²) in [5.41, 5.74) is 1.19. The molecular weight excluding hydrogens is 292 g/mol. The summed E-state index contributed by atoms with van der Waals surface area (Å²) >= 11 is 0. The highest BCUT2D eigenvalue weighted by Gasteiger charge is 2.16. The molecule has 0 spiro atoms. The van der Waals surface area contributed by atoms with Crippen LogP contribution in [0.5, 0.6) is 0 Å². The molecule has 0 amide bonds. The van der Waals surface area contributed by atoms with Gasteiger partial charge in [0.2, 0.25) is 0 Å². The number of rotatable bonds is 7. The molecule has 7 nitrogen and oxygen atoms in total. The minimum absolute atomic E-state index is 0.433. The Morgan fingerprint density at radius 1 is 1.39 bits per heavy atom. The predicted octanol–water partition coefficient (Wildman–Crippen LogP) is 0.467. The molecule has 2 rings (SSSR count). The maximum atomic E-state index is 5.40. The molecule has 0 saturated carbocycles. The molecule has 1 aliphatic heterocycles. The van der Waals surface area contributed by atoms with Gasteiger partial charge in [0.05, 0.1) is 32.5 Å². The van der Waals surface area contributed by atoms with Gasteiger partial charge in [0, 0.05) is 38.4 Å². The van der Waals surface area contributed by atoms with E-state index in [2.05, 4.69) is 41.4 Å². The zero-order valence-corrected chi connectivity index (χ0v) is 14.6. The SMILES string of the molecule is CCNC(=NCC(C)N1CCOCC1)NCCn1cc(C)cn1. The van der Waals surface area contributed by atoms with E-state index in [0.29, 0.717) is 6.04 Å². The molecule has 0 radical (unpaired) electrons. The van der Waals surface area contributed by atoms with Gasteiger partial charge in [-0.2, -0.15) is 5.10 Å². The molecule has 1 fully saturated rings. The average Bonchev–Trinajstić information content (AvgIpc) is 2.98. The van der Waals surface area contributed by atoms with Crippen LogP contribution < -0.4 is 10.6 Å². The van der Waals surface area contributed by atoms with Crippen LogP contribution in [0.15, 0.2) is 17.4 Å². The molecule has 1 atom stereocenters. The Morgan fingerprint density at radius 2 is 2.17 bits per heavy atom. The first-order chi connectivity index (χ1) is 11.2. The van der Waals surface area contributed by atoms with Gasteiger partial charge in [-0.1, -0.05) is 0 Å². The van der Waals surface area contributed by atoms with Gasteiger partial charge in [0.15, 0.2) is 5.96 Å². The highest BCUT2D eigenvalue weighted by Crippen LogP contribution is 2.03. The lowest BCUT2D eigenvalue weighted by atomic mass is 10.2. The molecular formula is C16H30N6O. The summed E-state index contributed by atoms with van der Waals surface area (Å²) in [7, 11) is 0. The third-order valence-electron chi connectivity index (χ3n) is 3.92. The first kappa shape index (κ1) is 17.7. The van der Waals surface area contributed by atoms with Crippen molar-refractivity contribution in [3.8, 4) is 0 Å². The van der Waals surface area contributed by atoms with Gasteiger partial charge >= 0.3 is 0 Å². The minimum Gasteiger partial charge on any atom is -0.379 e. The summed E-state index contributed by atoms with van der Waals surface area (Å²) in [4.78, 5) is 7.14. The van der Waals surface area contributed by atoms with Crippen LogP contribution in [-0.2, 0) is 11.3 Å². The van der Waals surface area contributed by atoms with E-state index in [1.165, 1.54) is 5.56 Å². The molecule has 2 heterocycles. The van der Waals surface area contributed by atoms with E-state index < -0.39 is 0 Å². The third-order valence-corrected chi connectivity index (χ3v) is 3.92. The number of nitrogens with one attached hydrogen (secondary N) is 2. The average molecular weight is 322 g/mol. The topological polar surface area (TPSA) is 66.7 Å². The standard InChI is InChI=1S/C16H30N6O/c1-4-17-16(18-5-6-22-13-14(2)11-20-22)19-12-15(3)21-7-9-23-10-8-21/h11,13,15H,4-10,12H2,1-3H3,(H2,17,18,19). The van der Waals surface area contributed by atoms with Gasteiger partial charge in [-0.3, -0.25) is 14.6 Å². The van der Waals surface area contributed by atoms with E-state index >= 15 is 0 Å². The number of ether oxygens (including phenoxy) is 1. The van der Waals surface area contributed by atoms with E-state index in [-0.39, 0.29) is 0 Å². The molecule has 0 aliphatic carbocycles. The highest BCUT2D eigenvalue weighted by molar-refractivity contribution is 5.79. The van der Waals surface area contributed by atoms with Gasteiger partial charge < -0.3 is 15.4 Å². The van der Waals surface area contributed by atoms with E-state index in [9.17, 15) is 0 Å². The number of morpholine rings is 1. The van der Waals surface area contributed by atoms with Crippen LogP contribution in [0.3, 0.4) is 0 Å². The number of hydrogen-bond donors (Lipinski definition) is 2. The van der Waals surface area contributed by atoms with Crippen LogP contribution in [-0.4, -0.2) is 72.6 Å². The smallest absolute Gasteiger partial charge is 0.191 e. The van der Waals surface area contributed by atoms with E-state index in [0.717, 1.165) is 58.4 Å². The number of hydrogen-bond acceptors (Lipinski definition) is 4. The van der Waals surface area contributed by atoms with Gasteiger partial charge in [-0.15, -0.1) is 0 Å². The molecule has 1 aromatic heterocycles. The van der Waals surface area contributed by atoms with Gasteiger partial charge in [0.25, 0.3) is 0 Å². The van der Waals surface area contributed by atoms with Gasteiger partial charge in [-0.25, -0.2) is 0 Å². The summed E-state index contributed by atoms with van der Waals surface area (Å²) < 4.78 is 7.35. The Bertz CT molecular complexity index is 481. The molecule has 1 saturated heterocycles. The van der Waals surface area contributed by atoms with Crippen LogP contribution in [0, 0.1) is 6.92 Å². The molecule has 1 unspecified atom stereocenters. The Hall–Kier alpha value is -1.60. The summed E-state index contributed by atoms with van der Waals surface area (Å²) in [5, 5.41) is 11.0. The molecule has 1 aliphatic rings. The Balaban J connectivity index is 1.76. The van der Waals surface area contributed by atoms with Crippen molar-refractivity contribution in [3.63, 3.8) is 0 Å².